The third-order valence-corrected chi connectivity index (χ3v) is 6.95. The van der Waals surface area contributed by atoms with E-state index in [4.69, 9.17) is 10.5 Å². The molecule has 4 aromatic rings. The van der Waals surface area contributed by atoms with E-state index in [-0.39, 0.29) is 24.3 Å². The molecule has 0 spiro atoms. The van der Waals surface area contributed by atoms with Crippen LogP contribution in [0.4, 0.5) is 13.9 Å². The van der Waals surface area contributed by atoms with Gasteiger partial charge in [0.25, 0.3) is 5.91 Å². The average Bonchev–Trinajstić information content (AvgIpc) is 3.55. The topological polar surface area (TPSA) is 81.3 Å². The number of halogens is 2. The van der Waals surface area contributed by atoms with E-state index in [0.29, 0.717) is 34.9 Å². The van der Waals surface area contributed by atoms with E-state index in [1.54, 1.807) is 11.1 Å². The summed E-state index contributed by atoms with van der Waals surface area (Å²) in [4.78, 5) is 23.8. The minimum absolute atomic E-state index is 0.0338. The predicted octanol–water partition coefficient (Wildman–Crippen LogP) is 4.96. The molecule has 2 aromatic heterocycles. The van der Waals surface area contributed by atoms with Crippen LogP contribution in [-0.4, -0.2) is 33.4 Å². The lowest BCUT2D eigenvalue weighted by molar-refractivity contribution is 0.0723. The van der Waals surface area contributed by atoms with Crippen molar-refractivity contribution in [3.8, 4) is 16.9 Å². The first-order valence-electron chi connectivity index (χ1n) is 11.0. The van der Waals surface area contributed by atoms with Crippen LogP contribution in [0.2, 0.25) is 0 Å². The fourth-order valence-corrected chi connectivity index (χ4v) is 5.02. The van der Waals surface area contributed by atoms with Gasteiger partial charge in [0.05, 0.1) is 27.6 Å². The number of hydrogen-bond acceptors (Lipinski definition) is 6. The van der Waals surface area contributed by atoms with Gasteiger partial charge in [-0.15, -0.1) is 0 Å². The summed E-state index contributed by atoms with van der Waals surface area (Å²) >= 11 is 1.40. The number of thiazole rings is 1. The molecule has 2 aliphatic rings. The van der Waals surface area contributed by atoms with Crippen LogP contribution in [0.5, 0.6) is 5.75 Å². The number of anilines is 1. The number of nitrogen functional groups attached to an aromatic ring is 1. The largest absolute Gasteiger partial charge is 0.487 e. The van der Waals surface area contributed by atoms with Crippen molar-refractivity contribution in [3.63, 3.8) is 0 Å². The lowest BCUT2D eigenvalue weighted by Crippen LogP contribution is -2.37. The van der Waals surface area contributed by atoms with E-state index in [1.807, 2.05) is 24.3 Å². The second-order valence-corrected chi connectivity index (χ2v) is 9.68. The number of carbonyl (C=O) groups is 1. The van der Waals surface area contributed by atoms with Crippen molar-refractivity contribution in [1.29, 1.82) is 0 Å². The Bertz CT molecular complexity index is 1450. The van der Waals surface area contributed by atoms with Crippen molar-refractivity contribution in [2.24, 2.45) is 0 Å². The molecule has 0 radical (unpaired) electrons. The highest BCUT2D eigenvalue weighted by molar-refractivity contribution is 7.22. The maximum atomic E-state index is 14.5. The number of fused-ring (bicyclic) bond motifs is 2. The third kappa shape index (κ3) is 3.86. The van der Waals surface area contributed by atoms with Crippen molar-refractivity contribution >= 4 is 32.6 Å². The summed E-state index contributed by atoms with van der Waals surface area (Å²) < 4.78 is 35.1. The summed E-state index contributed by atoms with van der Waals surface area (Å²) in [7, 11) is 0. The summed E-state index contributed by atoms with van der Waals surface area (Å²) in [5.41, 5.74) is 9.89. The normalized spacial score (nSPS) is 15.6. The highest BCUT2D eigenvalue weighted by atomic mass is 32.1. The van der Waals surface area contributed by atoms with E-state index < -0.39 is 11.6 Å². The molecular weight excluding hydrogens is 458 g/mol. The van der Waals surface area contributed by atoms with Crippen LogP contribution in [0, 0.1) is 11.6 Å². The number of hydrogen-bond donors (Lipinski definition) is 1. The van der Waals surface area contributed by atoms with Crippen LogP contribution >= 0.6 is 11.3 Å². The van der Waals surface area contributed by atoms with Gasteiger partial charge < -0.3 is 15.4 Å². The molecular formula is C25H20F2N4O2S. The highest BCUT2D eigenvalue weighted by Crippen LogP contribution is 2.34. The number of benzene rings is 2. The molecule has 3 heterocycles. The molecule has 2 aromatic carbocycles. The van der Waals surface area contributed by atoms with Gasteiger partial charge in [0, 0.05) is 42.9 Å². The molecule has 172 valence electrons. The minimum atomic E-state index is -0.741. The average molecular weight is 479 g/mol. The first-order chi connectivity index (χ1) is 16.4. The summed E-state index contributed by atoms with van der Waals surface area (Å²) in [6.07, 6.45) is 3.97. The smallest absolute Gasteiger partial charge is 0.256 e. The molecule has 1 aliphatic carbocycles. The molecule has 0 saturated heterocycles. The van der Waals surface area contributed by atoms with Gasteiger partial charge in [-0.25, -0.2) is 13.8 Å². The first kappa shape index (κ1) is 21.0. The summed E-state index contributed by atoms with van der Waals surface area (Å²) in [5, 5.41) is 0.500. The van der Waals surface area contributed by atoms with Crippen molar-refractivity contribution in [2.75, 3.05) is 12.3 Å². The summed E-state index contributed by atoms with van der Waals surface area (Å²) in [5.74, 6) is -1.62. The van der Waals surface area contributed by atoms with Crippen LogP contribution in [0.25, 0.3) is 21.3 Å². The number of ether oxygens (including phenoxy) is 1. The fourth-order valence-electron chi connectivity index (χ4n) is 4.24. The number of aromatic nitrogens is 2. The Labute approximate surface area is 198 Å². The Morgan fingerprint density at radius 1 is 1.15 bits per heavy atom. The van der Waals surface area contributed by atoms with Crippen LogP contribution in [-0.2, 0) is 13.0 Å². The van der Waals surface area contributed by atoms with Crippen molar-refractivity contribution < 1.29 is 18.3 Å². The number of amides is 1. The van der Waals surface area contributed by atoms with E-state index in [1.165, 1.54) is 17.4 Å². The van der Waals surface area contributed by atoms with Crippen molar-refractivity contribution in [2.45, 2.75) is 31.9 Å². The number of pyridine rings is 1. The Morgan fingerprint density at radius 3 is 2.82 bits per heavy atom. The van der Waals surface area contributed by atoms with Gasteiger partial charge in [0.2, 0.25) is 0 Å². The second kappa shape index (κ2) is 8.02. The standard InChI is InChI=1S/C25H20F2N4O2S/c26-16-7-15(23(19(27)10-16)33-17-2-3-17)12-31-6-5-20-18(24(31)32)8-14(11-29-20)13-1-4-21-22(9-13)34-25(28)30-21/h1,4,7-11,17H,2-3,5-6,12H2,(H2,28,30). The first-order valence-corrected chi connectivity index (χ1v) is 11.9. The van der Waals surface area contributed by atoms with Crippen LogP contribution in [0.3, 0.4) is 0 Å². The van der Waals surface area contributed by atoms with Crippen LogP contribution in [0.1, 0.15) is 34.5 Å². The van der Waals surface area contributed by atoms with Crippen molar-refractivity contribution in [3.05, 3.63) is 71.1 Å². The molecule has 6 rings (SSSR count). The SMILES string of the molecule is Nc1nc2ccc(-c3cnc4c(c3)C(=O)N(Cc3cc(F)cc(F)c3OC3CC3)CC4)cc2s1. The Balaban J connectivity index is 1.31. The van der Waals surface area contributed by atoms with Gasteiger partial charge in [-0.05, 0) is 42.7 Å². The molecule has 0 unspecified atom stereocenters. The quantitative estimate of drug-likeness (QED) is 0.439. The maximum absolute atomic E-state index is 14.5. The van der Waals surface area contributed by atoms with Gasteiger partial charge in [-0.3, -0.25) is 9.78 Å². The second-order valence-electron chi connectivity index (χ2n) is 8.62. The van der Waals surface area contributed by atoms with E-state index in [0.717, 1.165) is 40.3 Å². The molecule has 0 bridgehead atoms. The molecule has 1 aliphatic heterocycles. The molecule has 1 saturated carbocycles. The number of nitrogens with zero attached hydrogens (tertiary/aromatic N) is 3. The predicted molar refractivity (Wildman–Crippen MR) is 126 cm³/mol. The summed E-state index contributed by atoms with van der Waals surface area (Å²) in [6.45, 7) is 0.469. The molecule has 34 heavy (non-hydrogen) atoms. The molecule has 6 nitrogen and oxygen atoms in total. The van der Waals surface area contributed by atoms with Gasteiger partial charge in [-0.2, -0.15) is 0 Å². The molecule has 0 atom stereocenters. The Hall–Kier alpha value is -3.59. The zero-order valence-corrected chi connectivity index (χ0v) is 18.9. The molecule has 1 amide bonds. The fraction of sp³-hybridized carbons (Fsp3) is 0.240. The van der Waals surface area contributed by atoms with E-state index >= 15 is 0 Å². The molecule has 2 N–H and O–H groups in total. The monoisotopic (exact) mass is 478 g/mol. The Kier molecular flexibility index (Phi) is 4.95. The number of carbonyl (C=O) groups excluding carboxylic acids is 1. The molecule has 1 fully saturated rings. The van der Waals surface area contributed by atoms with Gasteiger partial charge in [-0.1, -0.05) is 17.4 Å². The van der Waals surface area contributed by atoms with Crippen molar-refractivity contribution in [1.82, 2.24) is 14.9 Å². The van der Waals surface area contributed by atoms with Crippen LogP contribution < -0.4 is 10.5 Å². The third-order valence-electron chi connectivity index (χ3n) is 6.10. The summed E-state index contributed by atoms with van der Waals surface area (Å²) in [6, 6.07) is 9.69. The maximum Gasteiger partial charge on any atom is 0.256 e. The zero-order chi connectivity index (χ0) is 23.4. The lowest BCUT2D eigenvalue weighted by Gasteiger charge is -2.29. The minimum Gasteiger partial charge on any atom is -0.487 e. The highest BCUT2D eigenvalue weighted by Gasteiger charge is 2.30. The van der Waals surface area contributed by atoms with Gasteiger partial charge in [0.15, 0.2) is 16.7 Å². The van der Waals surface area contributed by atoms with Gasteiger partial charge >= 0.3 is 0 Å². The van der Waals surface area contributed by atoms with Gasteiger partial charge in [0.1, 0.15) is 5.82 Å². The lowest BCUT2D eigenvalue weighted by atomic mass is 9.99. The number of rotatable bonds is 5. The Morgan fingerprint density at radius 2 is 2.00 bits per heavy atom. The number of nitrogens with two attached hydrogens (primary N) is 1. The zero-order valence-electron chi connectivity index (χ0n) is 18.1. The van der Waals surface area contributed by atoms with E-state index in [9.17, 15) is 13.6 Å². The van der Waals surface area contributed by atoms with Crippen LogP contribution in [0.15, 0.2) is 42.6 Å². The molecule has 9 heteroatoms. The van der Waals surface area contributed by atoms with E-state index in [2.05, 4.69) is 9.97 Å².